The fourth-order valence-electron chi connectivity index (χ4n) is 3.62. The summed E-state index contributed by atoms with van der Waals surface area (Å²) in [6.45, 7) is 8.28. The molecule has 0 aliphatic carbocycles. The third kappa shape index (κ3) is 3.74. The zero-order chi connectivity index (χ0) is 17.0. The molecule has 126 valence electrons. The molecular formula is C19H28N2O2. The van der Waals surface area contributed by atoms with Gasteiger partial charge in [0.15, 0.2) is 0 Å². The topological polar surface area (TPSA) is 40.6 Å². The van der Waals surface area contributed by atoms with Crippen LogP contribution in [0.4, 0.5) is 5.69 Å². The van der Waals surface area contributed by atoms with Gasteiger partial charge in [-0.1, -0.05) is 38.0 Å². The Morgan fingerprint density at radius 1 is 1.22 bits per heavy atom. The quantitative estimate of drug-likeness (QED) is 0.773. The van der Waals surface area contributed by atoms with E-state index < -0.39 is 0 Å². The van der Waals surface area contributed by atoms with Crippen LogP contribution in [0.25, 0.3) is 0 Å². The minimum absolute atomic E-state index is 0.0590. The lowest BCUT2D eigenvalue weighted by Gasteiger charge is -2.43. The van der Waals surface area contributed by atoms with Crippen LogP contribution in [0.3, 0.4) is 0 Å². The Morgan fingerprint density at radius 3 is 2.52 bits per heavy atom. The lowest BCUT2D eigenvalue weighted by Crippen LogP contribution is -2.46. The first kappa shape index (κ1) is 17.5. The smallest absolute Gasteiger partial charge is 0.224 e. The molecule has 0 aromatic heterocycles. The Hall–Kier alpha value is -1.84. The summed E-state index contributed by atoms with van der Waals surface area (Å²) in [6, 6.07) is 8.15. The Kier molecular flexibility index (Phi) is 5.80. The van der Waals surface area contributed by atoms with E-state index in [0.29, 0.717) is 0 Å². The van der Waals surface area contributed by atoms with Crippen molar-refractivity contribution in [3.63, 3.8) is 0 Å². The maximum absolute atomic E-state index is 12.2. The van der Waals surface area contributed by atoms with Crippen LogP contribution in [0.15, 0.2) is 24.3 Å². The van der Waals surface area contributed by atoms with Crippen LogP contribution in [0.1, 0.15) is 65.0 Å². The normalized spacial score (nSPS) is 20.1. The first-order valence-electron chi connectivity index (χ1n) is 8.63. The van der Waals surface area contributed by atoms with E-state index >= 15 is 0 Å². The second-order valence-corrected chi connectivity index (χ2v) is 6.47. The molecule has 1 aliphatic rings. The van der Waals surface area contributed by atoms with Crippen LogP contribution in [-0.4, -0.2) is 29.3 Å². The summed E-state index contributed by atoms with van der Waals surface area (Å²) >= 11 is 0. The fourth-order valence-corrected chi connectivity index (χ4v) is 3.62. The number of hydrogen-bond donors (Lipinski definition) is 0. The molecule has 1 heterocycles. The highest BCUT2D eigenvalue weighted by atomic mass is 16.2. The van der Waals surface area contributed by atoms with E-state index in [9.17, 15) is 9.59 Å². The highest BCUT2D eigenvalue weighted by Gasteiger charge is 2.35. The van der Waals surface area contributed by atoms with Gasteiger partial charge in [0, 0.05) is 32.1 Å². The van der Waals surface area contributed by atoms with E-state index in [0.717, 1.165) is 43.5 Å². The first-order chi connectivity index (χ1) is 11.0. The lowest BCUT2D eigenvalue weighted by molar-refractivity contribution is -0.131. The molecule has 2 rings (SSSR count). The van der Waals surface area contributed by atoms with Crippen molar-refractivity contribution in [2.45, 2.75) is 65.5 Å². The van der Waals surface area contributed by atoms with E-state index in [1.165, 1.54) is 0 Å². The minimum Gasteiger partial charge on any atom is -0.336 e. The molecule has 4 heteroatoms. The Bertz CT molecular complexity index is 570. The van der Waals surface area contributed by atoms with Crippen molar-refractivity contribution >= 4 is 17.5 Å². The minimum atomic E-state index is 0.0590. The molecule has 0 radical (unpaired) electrons. The number of benzene rings is 1. The van der Waals surface area contributed by atoms with Gasteiger partial charge in [0.1, 0.15) is 0 Å². The summed E-state index contributed by atoms with van der Waals surface area (Å²) in [4.78, 5) is 28.1. The number of hydrogen-bond acceptors (Lipinski definition) is 2. The van der Waals surface area contributed by atoms with Crippen molar-refractivity contribution in [1.29, 1.82) is 0 Å². The van der Waals surface area contributed by atoms with Crippen LogP contribution < -0.4 is 4.90 Å². The largest absolute Gasteiger partial charge is 0.336 e. The summed E-state index contributed by atoms with van der Waals surface area (Å²) in [5.41, 5.74) is 2.04. The highest BCUT2D eigenvalue weighted by Crippen LogP contribution is 2.40. The average Bonchev–Trinajstić information content (AvgIpc) is 2.50. The van der Waals surface area contributed by atoms with Gasteiger partial charge < -0.3 is 9.80 Å². The van der Waals surface area contributed by atoms with E-state index in [4.69, 9.17) is 0 Å². The maximum Gasteiger partial charge on any atom is 0.224 e. The zero-order valence-corrected chi connectivity index (χ0v) is 14.7. The Labute approximate surface area is 139 Å². The van der Waals surface area contributed by atoms with Crippen molar-refractivity contribution in [2.75, 3.05) is 11.4 Å². The first-order valence-corrected chi connectivity index (χ1v) is 8.63. The van der Waals surface area contributed by atoms with Gasteiger partial charge in [-0.15, -0.1) is 0 Å². The molecule has 23 heavy (non-hydrogen) atoms. The van der Waals surface area contributed by atoms with Gasteiger partial charge in [0.2, 0.25) is 11.8 Å². The second kappa shape index (κ2) is 7.62. The number of rotatable bonds is 5. The maximum atomic E-state index is 12.2. The molecule has 4 nitrogen and oxygen atoms in total. The molecule has 2 amide bonds. The van der Waals surface area contributed by atoms with Crippen LogP contribution in [0, 0.1) is 0 Å². The number of fused-ring (bicyclic) bond motifs is 1. The van der Waals surface area contributed by atoms with Crippen LogP contribution in [0.5, 0.6) is 0 Å². The second-order valence-electron chi connectivity index (χ2n) is 6.47. The van der Waals surface area contributed by atoms with Crippen molar-refractivity contribution in [1.82, 2.24) is 4.90 Å². The van der Waals surface area contributed by atoms with Gasteiger partial charge in [-0.05, 0) is 31.4 Å². The summed E-state index contributed by atoms with van der Waals surface area (Å²) < 4.78 is 0. The number of para-hydroxylation sites is 1. The molecule has 1 aliphatic heterocycles. The molecule has 1 aromatic rings. The number of amides is 2. The molecule has 0 spiro atoms. The molecule has 0 saturated heterocycles. The molecule has 0 fully saturated rings. The number of nitrogens with zero attached hydrogens (tertiary/aromatic N) is 2. The molecule has 1 aromatic carbocycles. The Balaban J connectivity index is 2.36. The molecule has 0 saturated carbocycles. The van der Waals surface area contributed by atoms with E-state index in [-0.39, 0.29) is 23.9 Å². The van der Waals surface area contributed by atoms with Crippen LogP contribution >= 0.6 is 0 Å². The van der Waals surface area contributed by atoms with Gasteiger partial charge >= 0.3 is 0 Å². The van der Waals surface area contributed by atoms with Gasteiger partial charge in [0.25, 0.3) is 0 Å². The molecule has 2 atom stereocenters. The van der Waals surface area contributed by atoms with Crippen molar-refractivity contribution in [2.24, 2.45) is 0 Å². The standard InChI is InChI=1S/C19H28N2O2/c1-5-6-9-12-20(15(3)22)19-13-14(2)21(16(4)23)18-11-8-7-10-17(18)19/h7-8,10-11,14,19H,5-6,9,12-13H2,1-4H3/t14-,19-/m1/s1. The third-order valence-electron chi connectivity index (χ3n) is 4.68. The molecule has 0 bridgehead atoms. The van der Waals surface area contributed by atoms with Crippen molar-refractivity contribution in [3.8, 4) is 0 Å². The summed E-state index contributed by atoms with van der Waals surface area (Å²) in [7, 11) is 0. The van der Waals surface area contributed by atoms with Crippen LogP contribution in [0.2, 0.25) is 0 Å². The number of unbranched alkanes of at least 4 members (excludes halogenated alkanes) is 2. The average molecular weight is 316 g/mol. The van der Waals surface area contributed by atoms with Gasteiger partial charge in [-0.2, -0.15) is 0 Å². The third-order valence-corrected chi connectivity index (χ3v) is 4.68. The lowest BCUT2D eigenvalue weighted by atomic mass is 9.90. The predicted molar refractivity (Wildman–Crippen MR) is 93.3 cm³/mol. The summed E-state index contributed by atoms with van der Waals surface area (Å²) in [5.74, 6) is 0.174. The zero-order valence-electron chi connectivity index (χ0n) is 14.7. The fraction of sp³-hybridized carbons (Fsp3) is 0.579. The monoisotopic (exact) mass is 316 g/mol. The van der Waals surface area contributed by atoms with Gasteiger partial charge in [-0.3, -0.25) is 9.59 Å². The van der Waals surface area contributed by atoms with Crippen molar-refractivity contribution < 1.29 is 9.59 Å². The predicted octanol–water partition coefficient (Wildman–Crippen LogP) is 3.91. The van der Waals surface area contributed by atoms with E-state index in [1.54, 1.807) is 13.8 Å². The highest BCUT2D eigenvalue weighted by molar-refractivity contribution is 5.93. The van der Waals surface area contributed by atoms with Gasteiger partial charge in [-0.25, -0.2) is 0 Å². The van der Waals surface area contributed by atoms with E-state index in [2.05, 4.69) is 19.9 Å². The van der Waals surface area contributed by atoms with E-state index in [1.807, 2.05) is 28.0 Å². The number of anilines is 1. The van der Waals surface area contributed by atoms with Crippen molar-refractivity contribution in [3.05, 3.63) is 29.8 Å². The Morgan fingerprint density at radius 2 is 1.91 bits per heavy atom. The SMILES string of the molecule is CCCCCN(C(C)=O)[C@@H]1C[C@@H](C)N(C(C)=O)c2ccccc21. The number of carbonyl (C=O) groups excluding carboxylic acids is 2. The molecule has 0 unspecified atom stereocenters. The van der Waals surface area contributed by atoms with Gasteiger partial charge in [0.05, 0.1) is 6.04 Å². The summed E-state index contributed by atoms with van der Waals surface area (Å²) in [5, 5.41) is 0. The van der Waals surface area contributed by atoms with Crippen LogP contribution in [-0.2, 0) is 9.59 Å². The molecule has 0 N–H and O–H groups in total. The molecular weight excluding hydrogens is 288 g/mol. The number of carbonyl (C=O) groups is 2. The summed E-state index contributed by atoms with van der Waals surface area (Å²) in [6.07, 6.45) is 4.09.